The molecule has 0 radical (unpaired) electrons. The molecule has 5 aromatic heterocycles. The number of hydrogen-bond acceptors (Lipinski definition) is 9. The lowest BCUT2D eigenvalue weighted by Gasteiger charge is -2.12. The molecule has 0 saturated heterocycles. The Hall–Kier alpha value is -6.69. The maximum absolute atomic E-state index is 11.5. The molecule has 5 heterocycles. The van der Waals surface area contributed by atoms with Crippen LogP contribution in [-0.2, 0) is 0 Å². The monoisotopic (exact) mass is 720 g/mol. The Labute approximate surface area is 305 Å². The van der Waals surface area contributed by atoms with Crippen molar-refractivity contribution in [3.05, 3.63) is 144 Å². The highest BCUT2D eigenvalue weighted by Crippen LogP contribution is 2.34. The Bertz CT molecular complexity index is 2780. The van der Waals surface area contributed by atoms with Gasteiger partial charge in [0.05, 0.1) is 11.0 Å². The van der Waals surface area contributed by atoms with E-state index in [0.29, 0.717) is 32.8 Å². The van der Waals surface area contributed by atoms with E-state index in [2.05, 4.69) is 40.8 Å². The van der Waals surface area contributed by atoms with Crippen LogP contribution < -0.4 is 16.4 Å². The average Bonchev–Trinajstić information content (AvgIpc) is 3.70. The second-order valence-corrected chi connectivity index (χ2v) is 12.6. The molecule has 0 bridgehead atoms. The summed E-state index contributed by atoms with van der Waals surface area (Å²) in [5.41, 5.74) is 9.93. The van der Waals surface area contributed by atoms with Crippen LogP contribution in [0.3, 0.4) is 0 Å². The lowest BCUT2D eigenvalue weighted by molar-refractivity contribution is 0.100. The Kier molecular flexibility index (Phi) is 8.69. The summed E-state index contributed by atoms with van der Waals surface area (Å²) in [5.74, 6) is 1.62. The fraction of sp³-hybridized carbons (Fsp3) is 0. The van der Waals surface area contributed by atoms with Gasteiger partial charge in [-0.05, 0) is 66.7 Å². The number of pyridine rings is 4. The van der Waals surface area contributed by atoms with Gasteiger partial charge in [-0.15, -0.1) is 0 Å². The number of rotatable bonds is 6. The Morgan fingerprint density at radius 3 is 1.75 bits per heavy atom. The number of nitrogens with zero attached hydrogens (tertiary/aromatic N) is 6. The summed E-state index contributed by atoms with van der Waals surface area (Å²) in [5, 5.41) is 20.6. The van der Waals surface area contributed by atoms with E-state index in [-0.39, 0.29) is 0 Å². The van der Waals surface area contributed by atoms with E-state index in [0.717, 1.165) is 60.6 Å². The molecule has 0 aliphatic carbocycles. The zero-order valence-electron chi connectivity index (χ0n) is 27.0. The number of carbonyl (C=O) groups excluding carboxylic acids is 1. The van der Waals surface area contributed by atoms with Crippen LogP contribution in [0.15, 0.2) is 128 Å². The number of carbonyl (C=O) groups is 1. The molecular formula is C39H26Cl2N10O. The standard InChI is InChI=1S/C20H13ClN6.C19H13ClN4O/c21-13-2-1-3-14(9-13)25-20-16-6-7-22-10-17(16)15-5-4-12(8-18(15)26-20)19-23-11-24-27-19;20-12-2-1-3-13(9-12)23-19-15-6-7-22-10-16(15)14-5-4-11(18(21)25)8-17(14)24-19/h1-11H,(H,25,26)(H,23,24,27);1-10H,(H2,21,25)(H,23,24). The molecule has 0 atom stereocenters. The summed E-state index contributed by atoms with van der Waals surface area (Å²) in [6.07, 6.45) is 8.62. The van der Waals surface area contributed by atoms with Gasteiger partial charge in [0.25, 0.3) is 0 Å². The summed E-state index contributed by atoms with van der Waals surface area (Å²) in [7, 11) is 0. The predicted octanol–water partition coefficient (Wildman–Crippen LogP) is 9.24. The van der Waals surface area contributed by atoms with E-state index < -0.39 is 5.91 Å². The molecule has 0 aliphatic heterocycles. The van der Waals surface area contributed by atoms with Gasteiger partial charge in [-0.2, -0.15) is 5.10 Å². The molecule has 0 aliphatic rings. The van der Waals surface area contributed by atoms with Crippen LogP contribution in [0, 0.1) is 0 Å². The van der Waals surface area contributed by atoms with Crippen molar-refractivity contribution in [3.63, 3.8) is 0 Å². The number of anilines is 4. The molecule has 13 heteroatoms. The summed E-state index contributed by atoms with van der Waals surface area (Å²) < 4.78 is 0. The van der Waals surface area contributed by atoms with Crippen LogP contribution in [0.4, 0.5) is 23.0 Å². The quantitative estimate of drug-likeness (QED) is 0.123. The molecule has 252 valence electrons. The number of hydrogen-bond donors (Lipinski definition) is 4. The maximum Gasteiger partial charge on any atom is 0.248 e. The van der Waals surface area contributed by atoms with Crippen molar-refractivity contribution in [1.29, 1.82) is 0 Å². The maximum atomic E-state index is 11.5. The largest absolute Gasteiger partial charge is 0.366 e. The molecular weight excluding hydrogens is 695 g/mol. The van der Waals surface area contributed by atoms with Gasteiger partial charge in [-0.1, -0.05) is 53.5 Å². The van der Waals surface area contributed by atoms with E-state index in [1.165, 1.54) is 6.33 Å². The molecule has 0 spiro atoms. The van der Waals surface area contributed by atoms with Crippen LogP contribution in [0.5, 0.6) is 0 Å². The normalized spacial score (nSPS) is 11.0. The second kappa shape index (κ2) is 13.9. The van der Waals surface area contributed by atoms with Crippen LogP contribution in [-0.4, -0.2) is 41.0 Å². The average molecular weight is 722 g/mol. The number of fused-ring (bicyclic) bond motifs is 6. The van der Waals surface area contributed by atoms with Crippen LogP contribution in [0.25, 0.3) is 54.7 Å². The third kappa shape index (κ3) is 6.61. The highest BCUT2D eigenvalue weighted by atomic mass is 35.5. The topological polar surface area (TPSA) is 160 Å². The molecule has 11 nitrogen and oxygen atoms in total. The van der Waals surface area contributed by atoms with Crippen molar-refractivity contribution >= 4 is 95.5 Å². The fourth-order valence-electron chi connectivity index (χ4n) is 5.94. The van der Waals surface area contributed by atoms with Gasteiger partial charge in [-0.3, -0.25) is 19.9 Å². The number of nitrogens with two attached hydrogens (primary N) is 1. The first-order valence-electron chi connectivity index (χ1n) is 16.0. The number of amides is 1. The molecule has 9 rings (SSSR count). The molecule has 5 N–H and O–H groups in total. The van der Waals surface area contributed by atoms with E-state index >= 15 is 0 Å². The molecule has 4 aromatic carbocycles. The zero-order valence-corrected chi connectivity index (χ0v) is 28.6. The molecule has 0 unspecified atom stereocenters. The number of aromatic amines is 1. The number of H-pyrrole nitrogens is 1. The fourth-order valence-corrected chi connectivity index (χ4v) is 6.32. The van der Waals surface area contributed by atoms with Gasteiger partial charge in [0, 0.05) is 89.7 Å². The molecule has 0 saturated carbocycles. The third-order valence-electron chi connectivity index (χ3n) is 8.34. The first kappa shape index (κ1) is 32.5. The van der Waals surface area contributed by atoms with Crippen LogP contribution in [0.2, 0.25) is 10.0 Å². The Balaban J connectivity index is 0.000000149. The lowest BCUT2D eigenvalue weighted by atomic mass is 10.1. The molecule has 1 amide bonds. The molecule has 52 heavy (non-hydrogen) atoms. The lowest BCUT2D eigenvalue weighted by Crippen LogP contribution is -2.10. The van der Waals surface area contributed by atoms with E-state index in [4.69, 9.17) is 33.9 Å². The van der Waals surface area contributed by atoms with Gasteiger partial charge in [-0.25, -0.2) is 15.0 Å². The summed E-state index contributed by atoms with van der Waals surface area (Å²) in [6, 6.07) is 30.1. The van der Waals surface area contributed by atoms with Gasteiger partial charge in [0.15, 0.2) is 5.82 Å². The molecule has 0 fully saturated rings. The minimum atomic E-state index is -0.487. The predicted molar refractivity (Wildman–Crippen MR) is 207 cm³/mol. The van der Waals surface area contributed by atoms with Crippen LogP contribution in [0.1, 0.15) is 10.4 Å². The highest BCUT2D eigenvalue weighted by molar-refractivity contribution is 6.31. The smallest absolute Gasteiger partial charge is 0.248 e. The number of primary amides is 1. The van der Waals surface area contributed by atoms with Gasteiger partial charge in [0.1, 0.15) is 18.0 Å². The first-order chi connectivity index (χ1) is 25.4. The van der Waals surface area contributed by atoms with Crippen molar-refractivity contribution in [3.8, 4) is 11.4 Å². The summed E-state index contributed by atoms with van der Waals surface area (Å²) >= 11 is 12.2. The summed E-state index contributed by atoms with van der Waals surface area (Å²) in [4.78, 5) is 33.7. The van der Waals surface area contributed by atoms with Gasteiger partial charge in [0.2, 0.25) is 5.91 Å². The summed E-state index contributed by atoms with van der Waals surface area (Å²) in [6.45, 7) is 0. The van der Waals surface area contributed by atoms with Crippen molar-refractivity contribution in [1.82, 2.24) is 35.1 Å². The highest BCUT2D eigenvalue weighted by Gasteiger charge is 2.13. The minimum absolute atomic E-state index is 0.414. The van der Waals surface area contributed by atoms with E-state index in [1.807, 2.05) is 91.1 Å². The van der Waals surface area contributed by atoms with Crippen molar-refractivity contribution in [2.45, 2.75) is 0 Å². The Morgan fingerprint density at radius 1 is 0.635 bits per heavy atom. The van der Waals surface area contributed by atoms with Crippen molar-refractivity contribution in [2.24, 2.45) is 5.73 Å². The van der Waals surface area contributed by atoms with Crippen LogP contribution >= 0.6 is 23.2 Å². The van der Waals surface area contributed by atoms with Gasteiger partial charge < -0.3 is 16.4 Å². The number of halogens is 2. The Morgan fingerprint density at radius 2 is 1.21 bits per heavy atom. The SMILES string of the molecule is Clc1cccc(Nc2nc3cc(-c4ncn[nH]4)ccc3c3cnccc23)c1.NC(=O)c1ccc2c(c1)nc(Nc1cccc(Cl)c1)c1ccncc12. The zero-order chi connectivity index (χ0) is 35.6. The van der Waals surface area contributed by atoms with E-state index in [9.17, 15) is 4.79 Å². The van der Waals surface area contributed by atoms with E-state index in [1.54, 1.807) is 30.7 Å². The van der Waals surface area contributed by atoms with Crippen molar-refractivity contribution in [2.75, 3.05) is 10.6 Å². The van der Waals surface area contributed by atoms with Crippen molar-refractivity contribution < 1.29 is 4.79 Å². The third-order valence-corrected chi connectivity index (χ3v) is 8.81. The minimum Gasteiger partial charge on any atom is -0.366 e. The second-order valence-electron chi connectivity index (χ2n) is 11.7. The number of aromatic nitrogens is 7. The first-order valence-corrected chi connectivity index (χ1v) is 16.7. The molecule has 9 aromatic rings. The van der Waals surface area contributed by atoms with Gasteiger partial charge >= 0.3 is 0 Å². The number of benzene rings is 4. The number of nitrogens with one attached hydrogen (secondary N) is 3.